The third-order valence-corrected chi connectivity index (χ3v) is 3.33. The minimum Gasteiger partial charge on any atom is -0.378 e. The van der Waals surface area contributed by atoms with Gasteiger partial charge in [0, 0.05) is 28.6 Å². The number of nitriles is 1. The summed E-state index contributed by atoms with van der Waals surface area (Å²) in [6, 6.07) is 11.8. The fraction of sp³-hybridized carbons (Fsp3) is 0.143. The lowest BCUT2D eigenvalue weighted by Gasteiger charge is -2.16. The van der Waals surface area contributed by atoms with Gasteiger partial charge in [0.05, 0.1) is 11.6 Å². The summed E-state index contributed by atoms with van der Waals surface area (Å²) >= 11 is 3.46. The Morgan fingerprint density at radius 1 is 1.28 bits per heavy atom. The average molecular weight is 302 g/mol. The fourth-order valence-electron chi connectivity index (χ4n) is 1.67. The topological polar surface area (TPSA) is 48.7 Å². The van der Waals surface area contributed by atoms with Crippen molar-refractivity contribution in [3.05, 3.63) is 58.3 Å². The number of aromatic nitrogens is 1. The van der Waals surface area contributed by atoms with Gasteiger partial charge in [-0.3, -0.25) is 4.98 Å². The monoisotopic (exact) mass is 301 g/mol. The highest BCUT2D eigenvalue weighted by molar-refractivity contribution is 9.10. The van der Waals surface area contributed by atoms with Gasteiger partial charge in [0.25, 0.3) is 0 Å². The SMILES string of the molecule is CC(Nc1ccc(C#N)cc1Br)c1ccncc1. The van der Waals surface area contributed by atoms with Crippen molar-refractivity contribution in [3.63, 3.8) is 0 Å². The maximum Gasteiger partial charge on any atom is 0.0992 e. The zero-order valence-electron chi connectivity index (χ0n) is 9.89. The van der Waals surface area contributed by atoms with Crippen molar-refractivity contribution in [2.75, 3.05) is 5.32 Å². The summed E-state index contributed by atoms with van der Waals surface area (Å²) in [5.41, 5.74) is 2.78. The summed E-state index contributed by atoms with van der Waals surface area (Å²) in [5, 5.41) is 12.2. The van der Waals surface area contributed by atoms with Crippen LogP contribution in [-0.2, 0) is 0 Å². The second-order valence-electron chi connectivity index (χ2n) is 3.95. The van der Waals surface area contributed by atoms with Crippen LogP contribution in [0.4, 0.5) is 5.69 Å². The molecule has 1 unspecified atom stereocenters. The van der Waals surface area contributed by atoms with E-state index in [-0.39, 0.29) is 6.04 Å². The highest BCUT2D eigenvalue weighted by atomic mass is 79.9. The van der Waals surface area contributed by atoms with Crippen molar-refractivity contribution < 1.29 is 0 Å². The first-order valence-electron chi connectivity index (χ1n) is 5.57. The van der Waals surface area contributed by atoms with Crippen LogP contribution >= 0.6 is 15.9 Å². The molecule has 3 nitrogen and oxygen atoms in total. The maximum atomic E-state index is 8.81. The van der Waals surface area contributed by atoms with Gasteiger partial charge >= 0.3 is 0 Å². The van der Waals surface area contributed by atoms with E-state index in [1.165, 1.54) is 5.56 Å². The van der Waals surface area contributed by atoms with E-state index in [4.69, 9.17) is 5.26 Å². The van der Waals surface area contributed by atoms with Crippen molar-refractivity contribution in [3.8, 4) is 6.07 Å². The summed E-state index contributed by atoms with van der Waals surface area (Å²) in [7, 11) is 0. The van der Waals surface area contributed by atoms with Gasteiger partial charge in [-0.05, 0) is 58.7 Å². The summed E-state index contributed by atoms with van der Waals surface area (Å²) in [6.45, 7) is 2.08. The van der Waals surface area contributed by atoms with E-state index in [9.17, 15) is 0 Å². The van der Waals surface area contributed by atoms with Gasteiger partial charge in [-0.25, -0.2) is 0 Å². The summed E-state index contributed by atoms with van der Waals surface area (Å²) < 4.78 is 0.891. The van der Waals surface area contributed by atoms with E-state index in [2.05, 4.69) is 39.2 Å². The third-order valence-electron chi connectivity index (χ3n) is 2.68. The summed E-state index contributed by atoms with van der Waals surface area (Å²) in [5.74, 6) is 0. The van der Waals surface area contributed by atoms with Gasteiger partial charge in [0.15, 0.2) is 0 Å². The van der Waals surface area contributed by atoms with Crippen LogP contribution in [0.15, 0.2) is 47.2 Å². The lowest BCUT2D eigenvalue weighted by molar-refractivity contribution is 0.879. The Kier molecular flexibility index (Phi) is 3.96. The molecule has 0 amide bonds. The second kappa shape index (κ2) is 5.65. The Hall–Kier alpha value is -1.86. The molecule has 1 heterocycles. The van der Waals surface area contributed by atoms with Crippen molar-refractivity contribution in [2.24, 2.45) is 0 Å². The molecule has 1 atom stereocenters. The first-order valence-corrected chi connectivity index (χ1v) is 6.36. The Labute approximate surface area is 115 Å². The van der Waals surface area contributed by atoms with E-state index in [0.29, 0.717) is 5.56 Å². The van der Waals surface area contributed by atoms with Crippen LogP contribution in [0.5, 0.6) is 0 Å². The number of halogens is 1. The normalized spacial score (nSPS) is 11.6. The van der Waals surface area contributed by atoms with Crippen LogP contribution in [0, 0.1) is 11.3 Å². The number of hydrogen-bond donors (Lipinski definition) is 1. The quantitative estimate of drug-likeness (QED) is 0.935. The number of benzene rings is 1. The van der Waals surface area contributed by atoms with Crippen LogP contribution in [0.2, 0.25) is 0 Å². The number of pyridine rings is 1. The van der Waals surface area contributed by atoms with Gasteiger partial charge in [-0.2, -0.15) is 5.26 Å². The van der Waals surface area contributed by atoms with Gasteiger partial charge in [-0.1, -0.05) is 0 Å². The fourth-order valence-corrected chi connectivity index (χ4v) is 2.16. The van der Waals surface area contributed by atoms with E-state index in [1.54, 1.807) is 18.5 Å². The predicted octanol–water partition coefficient (Wildman–Crippen LogP) is 3.89. The molecule has 0 bridgehead atoms. The van der Waals surface area contributed by atoms with Gasteiger partial charge in [0.2, 0.25) is 0 Å². The molecule has 4 heteroatoms. The minimum atomic E-state index is 0.178. The van der Waals surface area contributed by atoms with Crippen molar-refractivity contribution in [1.82, 2.24) is 4.98 Å². The molecule has 0 saturated heterocycles. The summed E-state index contributed by atoms with van der Waals surface area (Å²) in [4.78, 5) is 4.00. The number of hydrogen-bond acceptors (Lipinski definition) is 3. The average Bonchev–Trinajstić information content (AvgIpc) is 2.42. The molecule has 1 aromatic carbocycles. The second-order valence-corrected chi connectivity index (χ2v) is 4.81. The molecule has 0 spiro atoms. The van der Waals surface area contributed by atoms with Gasteiger partial charge in [0.1, 0.15) is 0 Å². The molecule has 2 rings (SSSR count). The highest BCUT2D eigenvalue weighted by Crippen LogP contribution is 2.27. The predicted molar refractivity (Wildman–Crippen MR) is 75.1 cm³/mol. The molecule has 0 aliphatic rings. The van der Waals surface area contributed by atoms with E-state index < -0.39 is 0 Å². The van der Waals surface area contributed by atoms with Crippen LogP contribution in [0.1, 0.15) is 24.1 Å². The van der Waals surface area contributed by atoms with E-state index in [1.807, 2.05) is 24.3 Å². The molecule has 18 heavy (non-hydrogen) atoms. The summed E-state index contributed by atoms with van der Waals surface area (Å²) in [6.07, 6.45) is 3.56. The van der Waals surface area contributed by atoms with Crippen LogP contribution in [0.25, 0.3) is 0 Å². The smallest absolute Gasteiger partial charge is 0.0992 e. The largest absolute Gasteiger partial charge is 0.378 e. The van der Waals surface area contributed by atoms with Gasteiger partial charge in [-0.15, -0.1) is 0 Å². The van der Waals surface area contributed by atoms with Crippen molar-refractivity contribution in [2.45, 2.75) is 13.0 Å². The molecule has 1 N–H and O–H groups in total. The number of anilines is 1. The molecular weight excluding hydrogens is 290 g/mol. The molecule has 0 radical (unpaired) electrons. The first kappa shape index (κ1) is 12.6. The van der Waals surface area contributed by atoms with Crippen LogP contribution in [0.3, 0.4) is 0 Å². The molecule has 0 saturated carbocycles. The number of nitrogens with one attached hydrogen (secondary N) is 1. The lowest BCUT2D eigenvalue weighted by atomic mass is 10.1. The maximum absolute atomic E-state index is 8.81. The first-order chi connectivity index (χ1) is 8.70. The molecule has 90 valence electrons. The number of nitrogens with zero attached hydrogens (tertiary/aromatic N) is 2. The third kappa shape index (κ3) is 2.88. The lowest BCUT2D eigenvalue weighted by Crippen LogP contribution is -2.07. The molecule has 0 aliphatic carbocycles. The Balaban J connectivity index is 2.18. The van der Waals surface area contributed by atoms with Crippen molar-refractivity contribution >= 4 is 21.6 Å². The van der Waals surface area contributed by atoms with Crippen molar-refractivity contribution in [1.29, 1.82) is 5.26 Å². The van der Waals surface area contributed by atoms with Crippen LogP contribution < -0.4 is 5.32 Å². The Morgan fingerprint density at radius 3 is 2.61 bits per heavy atom. The highest BCUT2D eigenvalue weighted by Gasteiger charge is 2.07. The van der Waals surface area contributed by atoms with E-state index >= 15 is 0 Å². The Morgan fingerprint density at radius 2 is 2.00 bits per heavy atom. The molecule has 0 aliphatic heterocycles. The van der Waals surface area contributed by atoms with Crippen LogP contribution in [-0.4, -0.2) is 4.98 Å². The number of rotatable bonds is 3. The minimum absolute atomic E-state index is 0.178. The zero-order valence-corrected chi connectivity index (χ0v) is 11.5. The Bertz CT molecular complexity index is 575. The standard InChI is InChI=1S/C14H12BrN3/c1-10(12-4-6-17-7-5-12)18-14-3-2-11(9-16)8-13(14)15/h2-8,10,18H,1H3. The molecule has 1 aromatic heterocycles. The zero-order chi connectivity index (χ0) is 13.0. The molecule has 2 aromatic rings. The van der Waals surface area contributed by atoms with Gasteiger partial charge < -0.3 is 5.32 Å². The molecular formula is C14H12BrN3. The molecule has 0 fully saturated rings. The van der Waals surface area contributed by atoms with E-state index in [0.717, 1.165) is 10.2 Å².